The van der Waals surface area contributed by atoms with Crippen molar-refractivity contribution in [2.75, 3.05) is 13.1 Å². The van der Waals surface area contributed by atoms with Crippen LogP contribution in [-0.4, -0.2) is 25.8 Å². The standard InChI is InChI=1S/C19H19NO4S/c21-25(22,20-12-4-5-13-20)24-17-10-8-16-9-11-18(23-19(16)14-17)15-6-2-1-3-7-15/h1-3,6-8,10-11,14H,4-5,9,12-13H2. The molecule has 0 aromatic heterocycles. The van der Waals surface area contributed by atoms with Crippen LogP contribution in [0.1, 0.15) is 24.0 Å². The summed E-state index contributed by atoms with van der Waals surface area (Å²) in [5, 5.41) is 0. The Kier molecular flexibility index (Phi) is 4.23. The van der Waals surface area contributed by atoms with E-state index in [-0.39, 0.29) is 5.75 Å². The molecule has 1 fully saturated rings. The zero-order valence-electron chi connectivity index (χ0n) is 13.7. The number of fused-ring (bicyclic) bond motifs is 1. The van der Waals surface area contributed by atoms with Gasteiger partial charge in [-0.25, -0.2) is 0 Å². The highest BCUT2D eigenvalue weighted by Crippen LogP contribution is 2.34. The van der Waals surface area contributed by atoms with E-state index in [0.29, 0.717) is 18.8 Å². The van der Waals surface area contributed by atoms with Gasteiger partial charge in [-0.05, 0) is 37.0 Å². The summed E-state index contributed by atoms with van der Waals surface area (Å²) < 4.78 is 37.3. The van der Waals surface area contributed by atoms with Gasteiger partial charge in [-0.15, -0.1) is 0 Å². The van der Waals surface area contributed by atoms with Gasteiger partial charge in [-0.3, -0.25) is 0 Å². The molecule has 0 N–H and O–H groups in total. The highest BCUT2D eigenvalue weighted by atomic mass is 32.2. The van der Waals surface area contributed by atoms with Gasteiger partial charge in [-0.2, -0.15) is 12.7 Å². The lowest BCUT2D eigenvalue weighted by molar-refractivity contribution is 0.394. The van der Waals surface area contributed by atoms with E-state index >= 15 is 0 Å². The maximum Gasteiger partial charge on any atom is 0.385 e. The minimum absolute atomic E-state index is 0.278. The summed E-state index contributed by atoms with van der Waals surface area (Å²) in [5.41, 5.74) is 2.00. The molecule has 0 spiro atoms. The molecule has 25 heavy (non-hydrogen) atoms. The molecule has 1 saturated heterocycles. The number of benzene rings is 2. The van der Waals surface area contributed by atoms with Crippen molar-refractivity contribution in [1.29, 1.82) is 0 Å². The van der Waals surface area contributed by atoms with E-state index in [1.54, 1.807) is 12.1 Å². The van der Waals surface area contributed by atoms with Gasteiger partial charge in [0.25, 0.3) is 0 Å². The first-order valence-corrected chi connectivity index (χ1v) is 9.74. The Labute approximate surface area is 147 Å². The van der Waals surface area contributed by atoms with Gasteiger partial charge < -0.3 is 8.92 Å². The smallest absolute Gasteiger partial charge is 0.385 e. The van der Waals surface area contributed by atoms with Gasteiger partial charge >= 0.3 is 10.3 Å². The van der Waals surface area contributed by atoms with Crippen LogP contribution in [0.15, 0.2) is 54.6 Å². The Morgan fingerprint density at radius 1 is 1.00 bits per heavy atom. The number of allylic oxidation sites excluding steroid dienone is 1. The van der Waals surface area contributed by atoms with Crippen LogP contribution in [-0.2, 0) is 16.7 Å². The molecule has 0 aliphatic carbocycles. The van der Waals surface area contributed by atoms with Gasteiger partial charge in [0.15, 0.2) is 0 Å². The third-order valence-electron chi connectivity index (χ3n) is 4.41. The minimum Gasteiger partial charge on any atom is -0.457 e. The predicted octanol–water partition coefficient (Wildman–Crippen LogP) is 3.38. The van der Waals surface area contributed by atoms with E-state index in [2.05, 4.69) is 0 Å². The fourth-order valence-corrected chi connectivity index (χ4v) is 4.24. The lowest BCUT2D eigenvalue weighted by Gasteiger charge is -2.20. The molecule has 2 aliphatic rings. The zero-order chi connectivity index (χ0) is 17.3. The summed E-state index contributed by atoms with van der Waals surface area (Å²) in [7, 11) is -3.74. The van der Waals surface area contributed by atoms with E-state index in [0.717, 1.165) is 36.1 Å². The van der Waals surface area contributed by atoms with Crippen LogP contribution >= 0.6 is 0 Å². The average Bonchev–Trinajstić information content (AvgIpc) is 3.17. The SMILES string of the molecule is O=S(=O)(Oc1ccc2c(c1)OC(c1ccccc1)=CC2)N1CCCC1. The number of nitrogens with zero attached hydrogens (tertiary/aromatic N) is 1. The largest absolute Gasteiger partial charge is 0.457 e. The van der Waals surface area contributed by atoms with Crippen molar-refractivity contribution in [2.45, 2.75) is 19.3 Å². The molecule has 0 radical (unpaired) electrons. The first-order valence-electron chi connectivity index (χ1n) is 8.38. The Hall–Kier alpha value is -2.31. The molecule has 2 aliphatic heterocycles. The highest BCUT2D eigenvalue weighted by molar-refractivity contribution is 7.84. The van der Waals surface area contributed by atoms with Crippen LogP contribution in [0.2, 0.25) is 0 Å². The van der Waals surface area contributed by atoms with Crippen LogP contribution in [0.4, 0.5) is 0 Å². The summed E-state index contributed by atoms with van der Waals surface area (Å²) in [4.78, 5) is 0. The Bertz CT molecular complexity index is 900. The predicted molar refractivity (Wildman–Crippen MR) is 95.5 cm³/mol. The molecule has 130 valence electrons. The van der Waals surface area contributed by atoms with Crippen LogP contribution in [0.25, 0.3) is 5.76 Å². The molecular formula is C19H19NO4S. The molecule has 0 amide bonds. The van der Waals surface area contributed by atoms with E-state index < -0.39 is 10.3 Å². The average molecular weight is 357 g/mol. The van der Waals surface area contributed by atoms with Crippen LogP contribution in [0, 0.1) is 0 Å². The molecule has 6 heteroatoms. The van der Waals surface area contributed by atoms with Gasteiger partial charge in [0.2, 0.25) is 0 Å². The fourth-order valence-electron chi connectivity index (χ4n) is 3.08. The van der Waals surface area contributed by atoms with Crippen LogP contribution in [0.3, 0.4) is 0 Å². The zero-order valence-corrected chi connectivity index (χ0v) is 14.5. The van der Waals surface area contributed by atoms with Crippen molar-refractivity contribution < 1.29 is 17.3 Å². The first-order chi connectivity index (χ1) is 12.1. The minimum atomic E-state index is -3.74. The Morgan fingerprint density at radius 3 is 2.52 bits per heavy atom. The summed E-state index contributed by atoms with van der Waals surface area (Å²) in [6.07, 6.45) is 4.51. The lowest BCUT2D eigenvalue weighted by Crippen LogP contribution is -2.31. The van der Waals surface area contributed by atoms with E-state index in [4.69, 9.17) is 8.92 Å². The van der Waals surface area contributed by atoms with Crippen molar-refractivity contribution in [3.8, 4) is 11.5 Å². The molecule has 2 aromatic carbocycles. The van der Waals surface area contributed by atoms with Crippen LogP contribution < -0.4 is 8.92 Å². The summed E-state index contributed by atoms with van der Waals surface area (Å²) in [6.45, 7) is 1.04. The Morgan fingerprint density at radius 2 is 1.76 bits per heavy atom. The second kappa shape index (κ2) is 6.54. The quantitative estimate of drug-likeness (QED) is 0.842. The van der Waals surface area contributed by atoms with E-state index in [9.17, 15) is 8.42 Å². The molecule has 5 nitrogen and oxygen atoms in total. The van der Waals surface area contributed by atoms with Crippen LogP contribution in [0.5, 0.6) is 11.5 Å². The van der Waals surface area contributed by atoms with Gasteiger partial charge in [0, 0.05) is 24.7 Å². The van der Waals surface area contributed by atoms with Gasteiger partial charge in [0.05, 0.1) is 0 Å². The molecule has 0 bridgehead atoms. The number of ether oxygens (including phenoxy) is 1. The maximum absolute atomic E-state index is 12.3. The molecule has 2 heterocycles. The van der Waals surface area contributed by atoms with Gasteiger partial charge in [0.1, 0.15) is 17.3 Å². The van der Waals surface area contributed by atoms with Crippen molar-refractivity contribution in [2.24, 2.45) is 0 Å². The van der Waals surface area contributed by atoms with Gasteiger partial charge in [-0.1, -0.05) is 36.4 Å². The maximum atomic E-state index is 12.3. The molecule has 2 aromatic rings. The fraction of sp³-hybridized carbons (Fsp3) is 0.263. The lowest BCUT2D eigenvalue weighted by atomic mass is 10.0. The second-order valence-electron chi connectivity index (χ2n) is 6.16. The van der Waals surface area contributed by atoms with Crippen molar-refractivity contribution in [3.63, 3.8) is 0 Å². The molecular weight excluding hydrogens is 338 g/mol. The normalized spacial score (nSPS) is 17.5. The summed E-state index contributed by atoms with van der Waals surface area (Å²) in [6, 6.07) is 15.0. The number of hydrogen-bond donors (Lipinski definition) is 0. The van der Waals surface area contributed by atoms with E-state index in [1.807, 2.05) is 42.5 Å². The molecule has 0 saturated carbocycles. The van der Waals surface area contributed by atoms with E-state index in [1.165, 1.54) is 4.31 Å². The monoisotopic (exact) mass is 357 g/mol. The van der Waals surface area contributed by atoms with Crippen molar-refractivity contribution >= 4 is 16.1 Å². The Balaban J connectivity index is 1.55. The summed E-state index contributed by atoms with van der Waals surface area (Å²) >= 11 is 0. The summed E-state index contributed by atoms with van der Waals surface area (Å²) in [5.74, 6) is 1.68. The second-order valence-corrected chi connectivity index (χ2v) is 7.70. The van der Waals surface area contributed by atoms with Crippen molar-refractivity contribution in [3.05, 3.63) is 65.7 Å². The third-order valence-corrected chi connectivity index (χ3v) is 5.81. The topological polar surface area (TPSA) is 55.8 Å². The first kappa shape index (κ1) is 16.2. The van der Waals surface area contributed by atoms with Crippen molar-refractivity contribution in [1.82, 2.24) is 4.31 Å². The molecule has 4 rings (SSSR count). The third kappa shape index (κ3) is 3.41. The molecule has 0 atom stereocenters. The molecule has 0 unspecified atom stereocenters. The highest BCUT2D eigenvalue weighted by Gasteiger charge is 2.27. The number of hydrogen-bond acceptors (Lipinski definition) is 4. The number of rotatable bonds is 4.